The van der Waals surface area contributed by atoms with E-state index in [1.165, 1.54) is 12.0 Å². The van der Waals surface area contributed by atoms with Crippen molar-refractivity contribution in [1.29, 1.82) is 0 Å². The highest BCUT2D eigenvalue weighted by Gasteiger charge is 2.20. The molecule has 4 heteroatoms. The third-order valence-electron chi connectivity index (χ3n) is 3.57. The first-order valence-electron chi connectivity index (χ1n) is 6.36. The Morgan fingerprint density at radius 3 is 2.78 bits per heavy atom. The fourth-order valence-electron chi connectivity index (χ4n) is 2.40. The van der Waals surface area contributed by atoms with E-state index in [1.54, 1.807) is 14.2 Å². The molecule has 1 aliphatic rings. The minimum atomic E-state index is 0.622. The molecule has 0 bridgehead atoms. The first-order valence-corrected chi connectivity index (χ1v) is 6.36. The number of nitrogens with one attached hydrogen (secondary N) is 1. The normalized spacial score (nSPS) is 19.2. The van der Waals surface area contributed by atoms with Crippen LogP contribution in [0.25, 0.3) is 0 Å². The highest BCUT2D eigenvalue weighted by atomic mass is 16.5. The fourth-order valence-corrected chi connectivity index (χ4v) is 2.40. The molecule has 0 saturated carbocycles. The van der Waals surface area contributed by atoms with Crippen molar-refractivity contribution in [2.24, 2.45) is 0 Å². The van der Waals surface area contributed by atoms with Crippen molar-refractivity contribution in [3.05, 3.63) is 23.8 Å². The van der Waals surface area contributed by atoms with Gasteiger partial charge < -0.3 is 14.8 Å². The Balaban J connectivity index is 2.07. The van der Waals surface area contributed by atoms with E-state index in [0.29, 0.717) is 6.04 Å². The van der Waals surface area contributed by atoms with Crippen LogP contribution in [0.15, 0.2) is 18.2 Å². The molecule has 2 rings (SSSR count). The van der Waals surface area contributed by atoms with Crippen LogP contribution in [0.5, 0.6) is 11.5 Å². The maximum absolute atomic E-state index is 5.43. The predicted octanol–water partition coefficient (Wildman–Crippen LogP) is 1.50. The number of rotatable bonds is 5. The van der Waals surface area contributed by atoms with E-state index < -0.39 is 0 Å². The highest BCUT2D eigenvalue weighted by Crippen LogP contribution is 2.26. The van der Waals surface area contributed by atoms with Crippen molar-refractivity contribution in [3.63, 3.8) is 0 Å². The first-order chi connectivity index (χ1) is 8.74. The molecular weight excluding hydrogens is 228 g/mol. The number of nitrogens with zero attached hydrogens (tertiary/aromatic N) is 1. The van der Waals surface area contributed by atoms with Crippen LogP contribution < -0.4 is 14.8 Å². The number of benzene rings is 1. The van der Waals surface area contributed by atoms with E-state index in [2.05, 4.69) is 23.3 Å². The maximum Gasteiger partial charge on any atom is 0.127 e. The SMILES string of the molecule is COc1ccc(CN(C)C2CCNC2)c(OC)c1. The molecule has 1 heterocycles. The molecule has 100 valence electrons. The first kappa shape index (κ1) is 13.2. The van der Waals surface area contributed by atoms with Gasteiger partial charge in [0.15, 0.2) is 0 Å². The topological polar surface area (TPSA) is 33.7 Å². The summed E-state index contributed by atoms with van der Waals surface area (Å²) in [4.78, 5) is 2.38. The Bertz CT molecular complexity index is 389. The second-order valence-corrected chi connectivity index (χ2v) is 4.74. The van der Waals surface area contributed by atoms with Gasteiger partial charge in [-0.2, -0.15) is 0 Å². The molecule has 0 spiro atoms. The highest BCUT2D eigenvalue weighted by molar-refractivity contribution is 5.40. The maximum atomic E-state index is 5.43. The Hall–Kier alpha value is -1.26. The molecule has 1 aromatic rings. The summed E-state index contributed by atoms with van der Waals surface area (Å²) in [5.41, 5.74) is 1.20. The smallest absolute Gasteiger partial charge is 0.127 e. The van der Waals surface area contributed by atoms with E-state index in [9.17, 15) is 0 Å². The lowest BCUT2D eigenvalue weighted by molar-refractivity contribution is 0.245. The molecule has 1 unspecified atom stereocenters. The molecule has 4 nitrogen and oxygen atoms in total. The largest absolute Gasteiger partial charge is 0.497 e. The van der Waals surface area contributed by atoms with E-state index in [0.717, 1.165) is 31.1 Å². The van der Waals surface area contributed by atoms with Gasteiger partial charge in [-0.25, -0.2) is 0 Å². The van der Waals surface area contributed by atoms with Crippen molar-refractivity contribution >= 4 is 0 Å². The van der Waals surface area contributed by atoms with Crippen LogP contribution >= 0.6 is 0 Å². The lowest BCUT2D eigenvalue weighted by Crippen LogP contribution is -2.32. The summed E-state index contributed by atoms with van der Waals surface area (Å²) in [5, 5.41) is 3.39. The van der Waals surface area contributed by atoms with Gasteiger partial charge in [0.2, 0.25) is 0 Å². The summed E-state index contributed by atoms with van der Waals surface area (Å²) in [6, 6.07) is 6.63. The van der Waals surface area contributed by atoms with Gasteiger partial charge in [0.25, 0.3) is 0 Å². The van der Waals surface area contributed by atoms with Crippen LogP contribution in [-0.2, 0) is 6.54 Å². The van der Waals surface area contributed by atoms with E-state index in [-0.39, 0.29) is 0 Å². The van der Waals surface area contributed by atoms with Crippen LogP contribution in [0.1, 0.15) is 12.0 Å². The standard InChI is InChI=1S/C14H22N2O2/c1-16(12-6-7-15-9-12)10-11-4-5-13(17-2)8-14(11)18-3/h4-5,8,12,15H,6-7,9-10H2,1-3H3. The van der Waals surface area contributed by atoms with Gasteiger partial charge in [0.1, 0.15) is 11.5 Å². The molecule has 1 N–H and O–H groups in total. The molecule has 1 atom stereocenters. The summed E-state index contributed by atoms with van der Waals surface area (Å²) >= 11 is 0. The average molecular weight is 250 g/mol. The summed E-state index contributed by atoms with van der Waals surface area (Å²) in [6.07, 6.45) is 1.22. The zero-order valence-electron chi connectivity index (χ0n) is 11.4. The Morgan fingerprint density at radius 2 is 2.17 bits per heavy atom. The van der Waals surface area contributed by atoms with Crippen molar-refractivity contribution in [1.82, 2.24) is 10.2 Å². The van der Waals surface area contributed by atoms with Gasteiger partial charge in [-0.05, 0) is 26.1 Å². The number of ether oxygens (including phenoxy) is 2. The van der Waals surface area contributed by atoms with Gasteiger partial charge in [0, 0.05) is 30.8 Å². The fraction of sp³-hybridized carbons (Fsp3) is 0.571. The second kappa shape index (κ2) is 6.07. The van der Waals surface area contributed by atoms with Crippen LogP contribution in [0, 0.1) is 0 Å². The Kier molecular flexibility index (Phi) is 4.44. The van der Waals surface area contributed by atoms with Gasteiger partial charge in [-0.1, -0.05) is 6.07 Å². The van der Waals surface area contributed by atoms with Crippen LogP contribution in [0.4, 0.5) is 0 Å². The minimum Gasteiger partial charge on any atom is -0.497 e. The molecule has 1 fully saturated rings. The van der Waals surface area contributed by atoms with E-state index in [4.69, 9.17) is 9.47 Å². The average Bonchev–Trinajstić information content (AvgIpc) is 2.93. The summed E-state index contributed by atoms with van der Waals surface area (Å²) < 4.78 is 10.6. The van der Waals surface area contributed by atoms with E-state index in [1.807, 2.05) is 12.1 Å². The lowest BCUT2D eigenvalue weighted by atomic mass is 10.1. The number of hydrogen-bond donors (Lipinski definition) is 1. The zero-order valence-corrected chi connectivity index (χ0v) is 11.4. The number of hydrogen-bond acceptors (Lipinski definition) is 4. The Labute approximate surface area is 109 Å². The molecule has 0 radical (unpaired) electrons. The van der Waals surface area contributed by atoms with Gasteiger partial charge in [-0.3, -0.25) is 4.90 Å². The van der Waals surface area contributed by atoms with Crippen LogP contribution in [0.3, 0.4) is 0 Å². The molecule has 18 heavy (non-hydrogen) atoms. The second-order valence-electron chi connectivity index (χ2n) is 4.74. The molecule has 1 aliphatic heterocycles. The molecule has 1 saturated heterocycles. The summed E-state index contributed by atoms with van der Waals surface area (Å²) in [6.45, 7) is 3.10. The van der Waals surface area contributed by atoms with Crippen molar-refractivity contribution in [2.45, 2.75) is 19.0 Å². The van der Waals surface area contributed by atoms with Crippen LogP contribution in [-0.4, -0.2) is 45.3 Å². The monoisotopic (exact) mass is 250 g/mol. The Morgan fingerprint density at radius 1 is 1.33 bits per heavy atom. The molecule has 1 aromatic carbocycles. The van der Waals surface area contributed by atoms with Crippen molar-refractivity contribution < 1.29 is 9.47 Å². The number of methoxy groups -OCH3 is 2. The summed E-state index contributed by atoms with van der Waals surface area (Å²) in [7, 11) is 5.54. The van der Waals surface area contributed by atoms with Gasteiger partial charge in [-0.15, -0.1) is 0 Å². The molecule has 0 aromatic heterocycles. The van der Waals surface area contributed by atoms with Gasteiger partial charge >= 0.3 is 0 Å². The molecular formula is C14H22N2O2. The quantitative estimate of drug-likeness (QED) is 0.858. The van der Waals surface area contributed by atoms with Crippen molar-refractivity contribution in [3.8, 4) is 11.5 Å². The summed E-state index contributed by atoms with van der Waals surface area (Å²) in [5.74, 6) is 1.73. The predicted molar refractivity (Wildman–Crippen MR) is 72.3 cm³/mol. The molecule has 0 amide bonds. The van der Waals surface area contributed by atoms with Gasteiger partial charge in [0.05, 0.1) is 14.2 Å². The number of likely N-dealkylation sites (N-methyl/N-ethyl adjacent to an activating group) is 1. The molecule has 0 aliphatic carbocycles. The minimum absolute atomic E-state index is 0.622. The van der Waals surface area contributed by atoms with Crippen LogP contribution in [0.2, 0.25) is 0 Å². The van der Waals surface area contributed by atoms with Crippen molar-refractivity contribution in [2.75, 3.05) is 34.4 Å². The zero-order chi connectivity index (χ0) is 13.0. The third kappa shape index (κ3) is 2.94. The third-order valence-corrected chi connectivity index (χ3v) is 3.57. The lowest BCUT2D eigenvalue weighted by Gasteiger charge is -2.24. The van der Waals surface area contributed by atoms with E-state index >= 15 is 0 Å².